The lowest BCUT2D eigenvalue weighted by molar-refractivity contribution is -0.0476. The van der Waals surface area contributed by atoms with Gasteiger partial charge in [-0.1, -0.05) is 18.2 Å². The Morgan fingerprint density at radius 2 is 2.28 bits per heavy atom. The van der Waals surface area contributed by atoms with Crippen molar-refractivity contribution in [2.75, 3.05) is 25.0 Å². The smallest absolute Gasteiger partial charge is 0.411 e. The first kappa shape index (κ1) is 12.9. The molecule has 0 aromatic heterocycles. The molecule has 1 fully saturated rings. The number of ether oxygens (including phenoxy) is 2. The quantitative estimate of drug-likeness (QED) is 0.855. The van der Waals surface area contributed by atoms with E-state index in [0.29, 0.717) is 13.2 Å². The van der Waals surface area contributed by atoms with Gasteiger partial charge in [0.2, 0.25) is 0 Å². The van der Waals surface area contributed by atoms with E-state index in [1.165, 1.54) is 0 Å². The highest BCUT2D eigenvalue weighted by Gasteiger charge is 2.23. The molecule has 2 rings (SSSR count). The number of nitrogens with one attached hydrogen (secondary N) is 2. The third-order valence-corrected chi connectivity index (χ3v) is 2.79. The summed E-state index contributed by atoms with van der Waals surface area (Å²) in [5.74, 6) is 0. The van der Waals surface area contributed by atoms with Crippen molar-refractivity contribution in [3.8, 4) is 0 Å². The maximum atomic E-state index is 11.7. The van der Waals surface area contributed by atoms with Crippen LogP contribution in [0.4, 0.5) is 10.5 Å². The van der Waals surface area contributed by atoms with Crippen LogP contribution in [-0.4, -0.2) is 38.0 Å². The number of para-hydroxylation sites is 1. The van der Waals surface area contributed by atoms with Crippen LogP contribution in [0, 0.1) is 0 Å². The second kappa shape index (κ2) is 6.37. The fraction of sp³-hybridized carbons (Fsp3) is 0.462. The summed E-state index contributed by atoms with van der Waals surface area (Å²) in [5.41, 5.74) is 0.720. The molecular formula is C13H18N2O3. The zero-order valence-corrected chi connectivity index (χ0v) is 10.4. The average Bonchev–Trinajstić information content (AvgIpc) is 2.40. The lowest BCUT2D eigenvalue weighted by Crippen LogP contribution is -2.45. The van der Waals surface area contributed by atoms with Gasteiger partial charge in [0.1, 0.15) is 12.2 Å². The summed E-state index contributed by atoms with van der Waals surface area (Å²) in [5, 5.41) is 5.88. The molecule has 1 amide bonds. The minimum atomic E-state index is -0.456. The van der Waals surface area contributed by atoms with E-state index in [2.05, 4.69) is 10.6 Å². The topological polar surface area (TPSA) is 59.6 Å². The molecule has 18 heavy (non-hydrogen) atoms. The molecule has 1 heterocycles. The molecule has 2 unspecified atom stereocenters. The molecule has 1 aromatic carbocycles. The van der Waals surface area contributed by atoms with Crippen LogP contribution in [0.25, 0.3) is 0 Å². The van der Waals surface area contributed by atoms with Gasteiger partial charge < -0.3 is 14.8 Å². The highest BCUT2D eigenvalue weighted by Crippen LogP contribution is 2.09. The Balaban J connectivity index is 1.79. The van der Waals surface area contributed by atoms with Gasteiger partial charge in [0, 0.05) is 18.8 Å². The van der Waals surface area contributed by atoms with Crippen LogP contribution in [0.5, 0.6) is 0 Å². The van der Waals surface area contributed by atoms with Crippen LogP contribution in [-0.2, 0) is 9.47 Å². The van der Waals surface area contributed by atoms with Crippen LogP contribution >= 0.6 is 0 Å². The zero-order valence-electron chi connectivity index (χ0n) is 10.4. The van der Waals surface area contributed by atoms with Gasteiger partial charge in [-0.25, -0.2) is 4.79 Å². The van der Waals surface area contributed by atoms with E-state index in [1.807, 2.05) is 37.3 Å². The van der Waals surface area contributed by atoms with Crippen LogP contribution in [0.2, 0.25) is 0 Å². The maximum absolute atomic E-state index is 11.7. The molecule has 5 nitrogen and oxygen atoms in total. The van der Waals surface area contributed by atoms with Gasteiger partial charge in [0.05, 0.1) is 6.61 Å². The number of benzene rings is 1. The van der Waals surface area contributed by atoms with Crippen LogP contribution in [0.15, 0.2) is 30.3 Å². The monoisotopic (exact) mass is 250 g/mol. The van der Waals surface area contributed by atoms with Crippen molar-refractivity contribution in [1.29, 1.82) is 0 Å². The van der Waals surface area contributed by atoms with E-state index in [4.69, 9.17) is 9.47 Å². The number of carbonyl (C=O) groups excluding carboxylic acids is 1. The van der Waals surface area contributed by atoms with Gasteiger partial charge in [0.15, 0.2) is 0 Å². The van der Waals surface area contributed by atoms with E-state index in [1.54, 1.807) is 0 Å². The fourth-order valence-electron chi connectivity index (χ4n) is 1.80. The first-order valence-electron chi connectivity index (χ1n) is 6.11. The predicted octanol–water partition coefficient (Wildman–Crippen LogP) is 1.61. The Hall–Kier alpha value is -1.59. The van der Waals surface area contributed by atoms with E-state index in [-0.39, 0.29) is 12.2 Å². The maximum Gasteiger partial charge on any atom is 0.411 e. The summed E-state index contributed by atoms with van der Waals surface area (Å²) < 4.78 is 10.8. The predicted molar refractivity (Wildman–Crippen MR) is 68.6 cm³/mol. The molecule has 1 saturated heterocycles. The highest BCUT2D eigenvalue weighted by atomic mass is 16.6. The number of amides is 1. The van der Waals surface area contributed by atoms with Crippen molar-refractivity contribution in [2.45, 2.75) is 19.1 Å². The first-order valence-corrected chi connectivity index (χ1v) is 6.11. The summed E-state index contributed by atoms with van der Waals surface area (Å²) in [7, 11) is 0. The molecule has 98 valence electrons. The number of morpholine rings is 1. The number of hydrogen-bond donors (Lipinski definition) is 2. The van der Waals surface area contributed by atoms with E-state index < -0.39 is 6.09 Å². The van der Waals surface area contributed by atoms with Gasteiger partial charge in [-0.05, 0) is 19.1 Å². The number of carbonyl (C=O) groups is 1. The lowest BCUT2D eigenvalue weighted by atomic mass is 10.2. The average molecular weight is 250 g/mol. The van der Waals surface area contributed by atoms with Crippen molar-refractivity contribution >= 4 is 11.8 Å². The molecule has 0 bridgehead atoms. The Kier molecular flexibility index (Phi) is 4.55. The highest BCUT2D eigenvalue weighted by molar-refractivity contribution is 5.84. The van der Waals surface area contributed by atoms with E-state index >= 15 is 0 Å². The summed E-state index contributed by atoms with van der Waals surface area (Å²) in [6, 6.07) is 9.22. The van der Waals surface area contributed by atoms with Crippen molar-refractivity contribution < 1.29 is 14.3 Å². The Morgan fingerprint density at radius 3 is 2.94 bits per heavy atom. The summed E-state index contributed by atoms with van der Waals surface area (Å²) in [6.07, 6.45) is -0.815. The number of hydrogen-bond acceptors (Lipinski definition) is 4. The third-order valence-electron chi connectivity index (χ3n) is 2.79. The van der Waals surface area contributed by atoms with Crippen molar-refractivity contribution in [1.82, 2.24) is 5.32 Å². The SMILES string of the molecule is CC(OC(=O)Nc1ccccc1)C1CNCCO1. The van der Waals surface area contributed by atoms with Crippen molar-refractivity contribution in [3.05, 3.63) is 30.3 Å². The summed E-state index contributed by atoms with van der Waals surface area (Å²) in [4.78, 5) is 11.7. The van der Waals surface area contributed by atoms with Gasteiger partial charge >= 0.3 is 6.09 Å². The van der Waals surface area contributed by atoms with Gasteiger partial charge in [0.25, 0.3) is 0 Å². The third kappa shape index (κ3) is 3.72. The lowest BCUT2D eigenvalue weighted by Gasteiger charge is -2.28. The molecule has 0 spiro atoms. The van der Waals surface area contributed by atoms with E-state index in [0.717, 1.165) is 12.2 Å². The number of anilines is 1. The molecule has 0 saturated carbocycles. The first-order chi connectivity index (χ1) is 8.75. The Morgan fingerprint density at radius 1 is 1.50 bits per heavy atom. The molecule has 5 heteroatoms. The molecule has 1 aliphatic rings. The molecule has 0 radical (unpaired) electrons. The molecule has 1 aromatic rings. The Labute approximate surface area is 106 Å². The molecule has 2 atom stereocenters. The Bertz CT molecular complexity index is 377. The van der Waals surface area contributed by atoms with Gasteiger partial charge in [-0.3, -0.25) is 5.32 Å². The number of rotatable bonds is 3. The largest absolute Gasteiger partial charge is 0.443 e. The van der Waals surface area contributed by atoms with Crippen LogP contribution < -0.4 is 10.6 Å². The fourth-order valence-corrected chi connectivity index (χ4v) is 1.80. The molecule has 1 aliphatic heterocycles. The minimum absolute atomic E-state index is 0.0831. The normalized spacial score (nSPS) is 21.1. The van der Waals surface area contributed by atoms with Crippen molar-refractivity contribution in [3.63, 3.8) is 0 Å². The standard InChI is InChI=1S/C13H18N2O3/c1-10(12-9-14-7-8-17-12)18-13(16)15-11-5-3-2-4-6-11/h2-6,10,12,14H,7-9H2,1H3,(H,15,16). The summed E-state index contributed by atoms with van der Waals surface area (Å²) >= 11 is 0. The van der Waals surface area contributed by atoms with Gasteiger partial charge in [-0.2, -0.15) is 0 Å². The molecular weight excluding hydrogens is 232 g/mol. The van der Waals surface area contributed by atoms with Gasteiger partial charge in [-0.15, -0.1) is 0 Å². The van der Waals surface area contributed by atoms with Crippen molar-refractivity contribution in [2.24, 2.45) is 0 Å². The molecule has 2 N–H and O–H groups in total. The van der Waals surface area contributed by atoms with E-state index in [9.17, 15) is 4.79 Å². The summed E-state index contributed by atoms with van der Waals surface area (Å²) in [6.45, 7) is 4.04. The van der Waals surface area contributed by atoms with Crippen LogP contribution in [0.1, 0.15) is 6.92 Å². The zero-order chi connectivity index (χ0) is 12.8. The second-order valence-electron chi connectivity index (χ2n) is 4.21. The van der Waals surface area contributed by atoms with Crippen LogP contribution in [0.3, 0.4) is 0 Å². The second-order valence-corrected chi connectivity index (χ2v) is 4.21. The minimum Gasteiger partial charge on any atom is -0.443 e. The molecule has 0 aliphatic carbocycles.